The summed E-state index contributed by atoms with van der Waals surface area (Å²) in [4.78, 5) is 9.09. The van der Waals surface area contributed by atoms with Gasteiger partial charge in [-0.1, -0.05) is 23.7 Å². The first-order valence-corrected chi connectivity index (χ1v) is 7.92. The van der Waals surface area contributed by atoms with E-state index in [-0.39, 0.29) is 5.82 Å². The third-order valence-electron chi connectivity index (χ3n) is 4.04. The van der Waals surface area contributed by atoms with Crippen LogP contribution >= 0.6 is 11.6 Å². The van der Waals surface area contributed by atoms with Gasteiger partial charge in [0, 0.05) is 38.9 Å². The molecular formula is C17H19ClFN3. The predicted molar refractivity (Wildman–Crippen MR) is 88.0 cm³/mol. The number of nitrogens with zero attached hydrogens (tertiary/aromatic N) is 3. The minimum absolute atomic E-state index is 0.173. The fraction of sp³-hybridized carbons (Fsp3) is 0.353. The largest absolute Gasteiger partial charge is 0.354 e. The van der Waals surface area contributed by atoms with Gasteiger partial charge in [-0.15, -0.1) is 0 Å². The van der Waals surface area contributed by atoms with Crippen molar-refractivity contribution in [2.24, 2.45) is 0 Å². The van der Waals surface area contributed by atoms with Crippen LogP contribution in [0, 0.1) is 5.82 Å². The van der Waals surface area contributed by atoms with Crippen molar-refractivity contribution < 1.29 is 4.39 Å². The summed E-state index contributed by atoms with van der Waals surface area (Å²) in [6, 6.07) is 10.6. The van der Waals surface area contributed by atoms with E-state index in [0.717, 1.165) is 45.0 Å². The molecular weight excluding hydrogens is 301 g/mol. The predicted octanol–water partition coefficient (Wildman–Crippen LogP) is 3.24. The lowest BCUT2D eigenvalue weighted by atomic mass is 10.1. The standard InChI is InChI=1S/C17H19ClFN3/c18-15-3-6-17(20-13-15)22-11-9-21(10-12-22)8-7-14-1-4-16(19)5-2-14/h1-6,13H,7-12H2. The first kappa shape index (κ1) is 15.3. The minimum Gasteiger partial charge on any atom is -0.354 e. The molecule has 1 fully saturated rings. The zero-order chi connectivity index (χ0) is 15.4. The first-order valence-electron chi connectivity index (χ1n) is 7.54. The van der Waals surface area contributed by atoms with Crippen molar-refractivity contribution in [3.8, 4) is 0 Å². The minimum atomic E-state index is -0.173. The Morgan fingerprint density at radius 3 is 2.36 bits per heavy atom. The third-order valence-corrected chi connectivity index (χ3v) is 4.26. The molecule has 1 aliphatic rings. The fourth-order valence-electron chi connectivity index (χ4n) is 2.69. The van der Waals surface area contributed by atoms with Crippen molar-refractivity contribution in [3.05, 3.63) is 59.0 Å². The second kappa shape index (κ2) is 7.07. The summed E-state index contributed by atoms with van der Waals surface area (Å²) >= 11 is 5.87. The van der Waals surface area contributed by atoms with Crippen LogP contribution in [0.5, 0.6) is 0 Å². The second-order valence-electron chi connectivity index (χ2n) is 5.54. The van der Waals surface area contributed by atoms with E-state index in [2.05, 4.69) is 14.8 Å². The molecule has 2 aromatic rings. The smallest absolute Gasteiger partial charge is 0.128 e. The van der Waals surface area contributed by atoms with Crippen LogP contribution in [0.25, 0.3) is 0 Å². The summed E-state index contributed by atoms with van der Waals surface area (Å²) < 4.78 is 12.9. The molecule has 0 saturated carbocycles. The zero-order valence-electron chi connectivity index (χ0n) is 12.4. The molecule has 0 unspecified atom stereocenters. The maximum absolute atomic E-state index is 12.9. The Morgan fingerprint density at radius 2 is 1.73 bits per heavy atom. The molecule has 3 nitrogen and oxygen atoms in total. The van der Waals surface area contributed by atoms with Crippen LogP contribution in [-0.2, 0) is 6.42 Å². The molecule has 2 heterocycles. The number of halogens is 2. The van der Waals surface area contributed by atoms with E-state index in [1.165, 1.54) is 17.7 Å². The lowest BCUT2D eigenvalue weighted by Gasteiger charge is -2.35. The van der Waals surface area contributed by atoms with Crippen LogP contribution in [0.3, 0.4) is 0 Å². The average molecular weight is 320 g/mol. The van der Waals surface area contributed by atoms with Crippen LogP contribution in [-0.4, -0.2) is 42.6 Å². The lowest BCUT2D eigenvalue weighted by molar-refractivity contribution is 0.260. The summed E-state index contributed by atoms with van der Waals surface area (Å²) in [6.45, 7) is 4.99. The number of hydrogen-bond acceptors (Lipinski definition) is 3. The molecule has 116 valence electrons. The summed E-state index contributed by atoms with van der Waals surface area (Å²) in [6.07, 6.45) is 2.65. The van der Waals surface area contributed by atoms with Gasteiger partial charge in [0.1, 0.15) is 11.6 Å². The van der Waals surface area contributed by atoms with Crippen LogP contribution in [0.2, 0.25) is 5.02 Å². The van der Waals surface area contributed by atoms with Crippen LogP contribution in [0.15, 0.2) is 42.6 Å². The number of hydrogen-bond donors (Lipinski definition) is 0. The van der Waals surface area contributed by atoms with E-state index >= 15 is 0 Å². The Labute approximate surface area is 135 Å². The molecule has 0 atom stereocenters. The molecule has 1 aromatic carbocycles. The average Bonchev–Trinajstić information content (AvgIpc) is 2.56. The van der Waals surface area contributed by atoms with E-state index in [0.29, 0.717) is 5.02 Å². The maximum Gasteiger partial charge on any atom is 0.128 e. The molecule has 0 bridgehead atoms. The topological polar surface area (TPSA) is 19.4 Å². The number of benzene rings is 1. The van der Waals surface area contributed by atoms with E-state index in [1.807, 2.05) is 24.3 Å². The van der Waals surface area contributed by atoms with Gasteiger partial charge in [0.25, 0.3) is 0 Å². The van der Waals surface area contributed by atoms with Gasteiger partial charge in [0.05, 0.1) is 5.02 Å². The summed E-state index contributed by atoms with van der Waals surface area (Å²) in [5.74, 6) is 0.815. The molecule has 1 aliphatic heterocycles. The van der Waals surface area contributed by atoms with E-state index in [1.54, 1.807) is 6.20 Å². The molecule has 0 N–H and O–H groups in total. The van der Waals surface area contributed by atoms with Crippen molar-refractivity contribution >= 4 is 17.4 Å². The van der Waals surface area contributed by atoms with Crippen molar-refractivity contribution in [2.45, 2.75) is 6.42 Å². The number of anilines is 1. The highest BCUT2D eigenvalue weighted by molar-refractivity contribution is 6.30. The van der Waals surface area contributed by atoms with Gasteiger partial charge in [0.2, 0.25) is 0 Å². The van der Waals surface area contributed by atoms with E-state index < -0.39 is 0 Å². The maximum atomic E-state index is 12.9. The number of rotatable bonds is 4. The molecule has 1 aromatic heterocycles. The molecule has 0 radical (unpaired) electrons. The normalized spacial score (nSPS) is 16.0. The van der Waals surface area contributed by atoms with Gasteiger partial charge in [-0.25, -0.2) is 9.37 Å². The van der Waals surface area contributed by atoms with E-state index in [9.17, 15) is 4.39 Å². The Bertz CT molecular complexity index is 592. The Hall–Kier alpha value is -1.65. The summed E-state index contributed by atoms with van der Waals surface area (Å²) in [5.41, 5.74) is 1.18. The highest BCUT2D eigenvalue weighted by Gasteiger charge is 2.17. The summed E-state index contributed by atoms with van der Waals surface area (Å²) in [5, 5.41) is 0.668. The Kier molecular flexibility index (Phi) is 4.90. The van der Waals surface area contributed by atoms with Crippen molar-refractivity contribution in [2.75, 3.05) is 37.6 Å². The first-order chi connectivity index (χ1) is 10.7. The van der Waals surface area contributed by atoms with Gasteiger partial charge in [-0.3, -0.25) is 4.90 Å². The van der Waals surface area contributed by atoms with Crippen molar-refractivity contribution in [1.82, 2.24) is 9.88 Å². The van der Waals surface area contributed by atoms with Gasteiger partial charge in [-0.2, -0.15) is 0 Å². The molecule has 22 heavy (non-hydrogen) atoms. The number of piperazine rings is 1. The SMILES string of the molecule is Fc1ccc(CCN2CCN(c3ccc(Cl)cn3)CC2)cc1. The van der Waals surface area contributed by atoms with Crippen LogP contribution in [0.1, 0.15) is 5.56 Å². The number of pyridine rings is 1. The van der Waals surface area contributed by atoms with E-state index in [4.69, 9.17) is 11.6 Å². The van der Waals surface area contributed by atoms with Gasteiger partial charge >= 0.3 is 0 Å². The highest BCUT2D eigenvalue weighted by atomic mass is 35.5. The van der Waals surface area contributed by atoms with Crippen LogP contribution < -0.4 is 4.90 Å². The monoisotopic (exact) mass is 319 g/mol. The Balaban J connectivity index is 1.47. The molecule has 3 rings (SSSR count). The molecule has 0 aliphatic carbocycles. The molecule has 0 amide bonds. The second-order valence-corrected chi connectivity index (χ2v) is 5.98. The molecule has 1 saturated heterocycles. The quantitative estimate of drug-likeness (QED) is 0.862. The fourth-order valence-corrected chi connectivity index (χ4v) is 2.81. The highest BCUT2D eigenvalue weighted by Crippen LogP contribution is 2.16. The summed E-state index contributed by atoms with van der Waals surface area (Å²) in [7, 11) is 0. The van der Waals surface area contributed by atoms with Gasteiger partial charge < -0.3 is 4.90 Å². The molecule has 5 heteroatoms. The third kappa shape index (κ3) is 3.96. The van der Waals surface area contributed by atoms with Gasteiger partial charge in [0.15, 0.2) is 0 Å². The van der Waals surface area contributed by atoms with Crippen molar-refractivity contribution in [3.63, 3.8) is 0 Å². The van der Waals surface area contributed by atoms with Crippen molar-refractivity contribution in [1.29, 1.82) is 0 Å². The molecule has 0 spiro atoms. The Morgan fingerprint density at radius 1 is 1.00 bits per heavy atom. The van der Waals surface area contributed by atoms with Gasteiger partial charge in [-0.05, 0) is 36.2 Å². The van der Waals surface area contributed by atoms with Crippen LogP contribution in [0.4, 0.5) is 10.2 Å². The number of aromatic nitrogens is 1. The lowest BCUT2D eigenvalue weighted by Crippen LogP contribution is -2.47. The zero-order valence-corrected chi connectivity index (χ0v) is 13.1.